The van der Waals surface area contributed by atoms with Crippen LogP contribution in [0.4, 0.5) is 5.69 Å². The highest BCUT2D eigenvalue weighted by Crippen LogP contribution is 2.26. The third kappa shape index (κ3) is 6.31. The molecule has 2 aromatic rings. The molecule has 0 fully saturated rings. The van der Waals surface area contributed by atoms with Crippen LogP contribution in [-0.4, -0.2) is 20.4 Å². The van der Waals surface area contributed by atoms with E-state index in [9.17, 15) is 13.2 Å². The molecule has 146 valence electrons. The van der Waals surface area contributed by atoms with Crippen LogP contribution in [0.25, 0.3) is 0 Å². The molecule has 0 aliphatic carbocycles. The molecular weight excluding hydrogens is 452 g/mol. The zero-order chi connectivity index (χ0) is 20.2. The Kier molecular flexibility index (Phi) is 7.45. The molecule has 8 heteroatoms. The van der Waals surface area contributed by atoms with Crippen molar-refractivity contribution in [2.24, 2.45) is 5.92 Å². The number of carbonyl (C=O) groups excluding carboxylic acids is 1. The first kappa shape index (κ1) is 21.9. The zero-order valence-electron chi connectivity index (χ0n) is 15.3. The number of sulfonamides is 1. The van der Waals surface area contributed by atoms with Crippen molar-refractivity contribution in [1.29, 1.82) is 0 Å². The van der Waals surface area contributed by atoms with E-state index < -0.39 is 22.0 Å². The van der Waals surface area contributed by atoms with Crippen LogP contribution in [0.3, 0.4) is 0 Å². The van der Waals surface area contributed by atoms with E-state index in [0.717, 1.165) is 5.56 Å². The van der Waals surface area contributed by atoms with E-state index in [1.807, 2.05) is 20.8 Å². The van der Waals surface area contributed by atoms with Crippen LogP contribution in [0.5, 0.6) is 0 Å². The molecule has 2 aromatic carbocycles. The van der Waals surface area contributed by atoms with E-state index in [0.29, 0.717) is 21.6 Å². The summed E-state index contributed by atoms with van der Waals surface area (Å²) < 4.78 is 28.5. The van der Waals surface area contributed by atoms with Gasteiger partial charge in [-0.15, -0.1) is 0 Å². The van der Waals surface area contributed by atoms with Gasteiger partial charge in [-0.1, -0.05) is 43.1 Å². The topological polar surface area (TPSA) is 75.3 Å². The summed E-state index contributed by atoms with van der Waals surface area (Å²) in [4.78, 5) is 12.8. The van der Waals surface area contributed by atoms with Crippen LogP contribution < -0.4 is 10.0 Å². The van der Waals surface area contributed by atoms with Crippen molar-refractivity contribution in [3.05, 3.63) is 57.5 Å². The predicted octanol–water partition coefficient (Wildman–Crippen LogP) is 4.74. The Bertz CT molecular complexity index is 915. The molecule has 0 unspecified atom stereocenters. The first-order valence-corrected chi connectivity index (χ1v) is 11.1. The normalized spacial score (nSPS) is 12.8. The average Bonchev–Trinajstić information content (AvgIpc) is 2.57. The second-order valence-corrected chi connectivity index (χ2v) is 9.71. The summed E-state index contributed by atoms with van der Waals surface area (Å²) in [5.41, 5.74) is 1.48. The number of hydrogen-bond acceptors (Lipinski definition) is 3. The van der Waals surface area contributed by atoms with Gasteiger partial charge >= 0.3 is 0 Å². The van der Waals surface area contributed by atoms with Crippen molar-refractivity contribution < 1.29 is 13.2 Å². The van der Waals surface area contributed by atoms with Crippen molar-refractivity contribution in [1.82, 2.24) is 4.72 Å². The number of benzene rings is 2. The summed E-state index contributed by atoms with van der Waals surface area (Å²) in [7, 11) is -3.82. The first-order chi connectivity index (χ1) is 12.6. The number of anilines is 1. The summed E-state index contributed by atoms with van der Waals surface area (Å²) in [6, 6.07) is 10.6. The first-order valence-electron chi connectivity index (χ1n) is 8.43. The number of halogens is 2. The van der Waals surface area contributed by atoms with Crippen LogP contribution in [0.2, 0.25) is 5.02 Å². The maximum absolute atomic E-state index is 12.7. The van der Waals surface area contributed by atoms with Gasteiger partial charge in [0.25, 0.3) is 0 Å². The monoisotopic (exact) mass is 472 g/mol. The number of nitrogens with one attached hydrogen (secondary N) is 2. The highest BCUT2D eigenvalue weighted by molar-refractivity contribution is 9.10. The Morgan fingerprint density at radius 1 is 1.15 bits per heavy atom. The molecule has 0 bridgehead atoms. The maximum atomic E-state index is 12.7. The molecule has 0 aliphatic rings. The molecule has 0 aromatic heterocycles. The Hall–Kier alpha value is -1.41. The third-order valence-electron chi connectivity index (χ3n) is 3.84. The second-order valence-electron chi connectivity index (χ2n) is 6.73. The summed E-state index contributed by atoms with van der Waals surface area (Å²) >= 11 is 9.27. The van der Waals surface area contributed by atoms with Crippen molar-refractivity contribution in [2.45, 2.75) is 38.1 Å². The fraction of sp³-hybridized carbons (Fsp3) is 0.316. The maximum Gasteiger partial charge on any atom is 0.242 e. The largest absolute Gasteiger partial charge is 0.325 e. The van der Waals surface area contributed by atoms with Crippen molar-refractivity contribution in [3.8, 4) is 0 Å². The Balaban J connectivity index is 2.21. The molecule has 0 heterocycles. The number of amides is 1. The molecule has 2 rings (SSSR count). The highest BCUT2D eigenvalue weighted by Gasteiger charge is 2.26. The highest BCUT2D eigenvalue weighted by atomic mass is 79.9. The lowest BCUT2D eigenvalue weighted by atomic mass is 10.0. The zero-order valence-corrected chi connectivity index (χ0v) is 18.5. The van der Waals surface area contributed by atoms with Crippen LogP contribution in [-0.2, 0) is 14.8 Å². The SMILES string of the molecule is Cc1ccc(S(=O)(=O)N[C@H](CC(C)C)C(=O)Nc2ccc(Cl)c(Br)c2)cc1. The number of hydrogen-bond donors (Lipinski definition) is 2. The molecule has 0 saturated carbocycles. The minimum Gasteiger partial charge on any atom is -0.325 e. The van der Waals surface area contributed by atoms with Gasteiger partial charge < -0.3 is 5.32 Å². The molecule has 1 atom stereocenters. The molecule has 5 nitrogen and oxygen atoms in total. The lowest BCUT2D eigenvalue weighted by Crippen LogP contribution is -2.44. The molecule has 0 aliphatic heterocycles. The van der Waals surface area contributed by atoms with Crippen LogP contribution in [0, 0.1) is 12.8 Å². The molecule has 2 N–H and O–H groups in total. The fourth-order valence-corrected chi connectivity index (χ4v) is 4.16. The molecule has 1 amide bonds. The number of carbonyl (C=O) groups is 1. The molecule has 0 saturated heterocycles. The number of aryl methyl sites for hydroxylation is 1. The van der Waals surface area contributed by atoms with Gasteiger partial charge in [-0.2, -0.15) is 4.72 Å². The van der Waals surface area contributed by atoms with Gasteiger partial charge in [0.1, 0.15) is 6.04 Å². The summed E-state index contributed by atoms with van der Waals surface area (Å²) in [6.45, 7) is 5.74. The summed E-state index contributed by atoms with van der Waals surface area (Å²) in [5.74, 6) is -0.299. The van der Waals surface area contributed by atoms with Crippen LogP contribution >= 0.6 is 27.5 Å². The van der Waals surface area contributed by atoms with Crippen LogP contribution in [0.1, 0.15) is 25.8 Å². The lowest BCUT2D eigenvalue weighted by Gasteiger charge is -2.20. The minimum absolute atomic E-state index is 0.124. The second kappa shape index (κ2) is 9.19. The Morgan fingerprint density at radius 3 is 2.33 bits per heavy atom. The summed E-state index contributed by atoms with van der Waals surface area (Å²) in [5, 5.41) is 3.26. The summed E-state index contributed by atoms with van der Waals surface area (Å²) in [6.07, 6.45) is 0.367. The van der Waals surface area contributed by atoms with E-state index in [-0.39, 0.29) is 10.8 Å². The van der Waals surface area contributed by atoms with Gasteiger partial charge in [-0.05, 0) is 65.5 Å². The lowest BCUT2D eigenvalue weighted by molar-refractivity contribution is -0.118. The predicted molar refractivity (Wildman–Crippen MR) is 113 cm³/mol. The van der Waals surface area contributed by atoms with Gasteiger partial charge in [0.2, 0.25) is 15.9 Å². The van der Waals surface area contributed by atoms with Crippen LogP contribution in [0.15, 0.2) is 51.8 Å². The Labute approximate surface area is 173 Å². The molecule has 27 heavy (non-hydrogen) atoms. The van der Waals surface area contributed by atoms with E-state index in [2.05, 4.69) is 26.0 Å². The standard InChI is InChI=1S/C19H22BrClN2O3S/c1-12(2)10-18(19(24)22-14-6-9-17(21)16(20)11-14)23-27(25,26)15-7-4-13(3)5-8-15/h4-9,11-12,18,23H,10H2,1-3H3,(H,22,24)/t18-/m1/s1. The van der Waals surface area contributed by atoms with E-state index in [4.69, 9.17) is 11.6 Å². The van der Waals surface area contributed by atoms with Gasteiger partial charge in [-0.25, -0.2) is 8.42 Å². The minimum atomic E-state index is -3.82. The Morgan fingerprint density at radius 2 is 1.78 bits per heavy atom. The van der Waals surface area contributed by atoms with E-state index in [1.54, 1.807) is 30.3 Å². The molecule has 0 radical (unpaired) electrons. The van der Waals surface area contributed by atoms with Crippen molar-refractivity contribution in [3.63, 3.8) is 0 Å². The molecular formula is C19H22BrClN2O3S. The number of rotatable bonds is 7. The average molecular weight is 474 g/mol. The van der Waals surface area contributed by atoms with Gasteiger partial charge in [0, 0.05) is 10.2 Å². The quantitative estimate of drug-likeness (QED) is 0.610. The van der Waals surface area contributed by atoms with E-state index >= 15 is 0 Å². The van der Waals surface area contributed by atoms with Gasteiger partial charge in [0.15, 0.2) is 0 Å². The van der Waals surface area contributed by atoms with Gasteiger partial charge in [0.05, 0.1) is 9.92 Å². The third-order valence-corrected chi connectivity index (χ3v) is 6.54. The van der Waals surface area contributed by atoms with E-state index in [1.165, 1.54) is 12.1 Å². The molecule has 0 spiro atoms. The van der Waals surface area contributed by atoms with Gasteiger partial charge in [-0.3, -0.25) is 4.79 Å². The van der Waals surface area contributed by atoms with Crippen molar-refractivity contribution >= 4 is 49.1 Å². The van der Waals surface area contributed by atoms with Crippen molar-refractivity contribution in [2.75, 3.05) is 5.32 Å². The fourth-order valence-electron chi connectivity index (χ4n) is 2.46. The smallest absolute Gasteiger partial charge is 0.242 e.